The molecule has 0 saturated heterocycles. The van der Waals surface area contributed by atoms with E-state index in [-0.39, 0.29) is 23.9 Å². The molecule has 2 aliphatic heterocycles. The number of benzene rings is 2. The van der Waals surface area contributed by atoms with Crippen molar-refractivity contribution in [3.8, 4) is 5.75 Å². The topological polar surface area (TPSA) is 85.3 Å². The highest BCUT2D eigenvalue weighted by atomic mass is 35.5. The zero-order valence-corrected chi connectivity index (χ0v) is 24.4. The van der Waals surface area contributed by atoms with Crippen molar-refractivity contribution < 1.29 is 23.3 Å². The van der Waals surface area contributed by atoms with Crippen LogP contribution in [0.5, 0.6) is 5.75 Å². The first-order valence-electron chi connectivity index (χ1n) is 14.1. The monoisotopic (exact) mass is 583 g/mol. The lowest BCUT2D eigenvalue weighted by molar-refractivity contribution is -0.149. The van der Waals surface area contributed by atoms with Crippen LogP contribution < -0.4 is 9.64 Å². The van der Waals surface area contributed by atoms with Gasteiger partial charge in [0.1, 0.15) is 11.9 Å². The maximum absolute atomic E-state index is 13.1. The number of anilines is 1. The van der Waals surface area contributed by atoms with E-state index in [1.165, 1.54) is 18.1 Å². The van der Waals surface area contributed by atoms with E-state index in [1.54, 1.807) is 6.07 Å². The standard InChI is InChI=1S/C31H36ClN2O5S/c1-21(35)39-29-8-3-2-6-16-40(37)33-31(36)23-11-14-30-28(18-23)34(20-25-10-13-27(25)29)19-24-9-12-26(32)17-22(24)7-4-5-15-38-30/h3,8-9,11-12,14,17-18,25,27,29H,2,4-7,10,13,15-16,19-20H2,1H3/q-1/b8-3+/t25-,27+,29-/m0/s1. The van der Waals surface area contributed by atoms with Gasteiger partial charge in [-0.25, -0.2) is 0 Å². The van der Waals surface area contributed by atoms with Crippen molar-refractivity contribution in [2.45, 2.75) is 64.5 Å². The number of amides is 1. The summed E-state index contributed by atoms with van der Waals surface area (Å²) in [6.45, 7) is 3.33. The Morgan fingerprint density at radius 3 is 2.80 bits per heavy atom. The number of rotatable bonds is 1. The molecule has 0 spiro atoms. The minimum atomic E-state index is -1.62. The van der Waals surface area contributed by atoms with Crippen LogP contribution in [0.25, 0.3) is 0 Å². The van der Waals surface area contributed by atoms with E-state index in [9.17, 15) is 13.8 Å². The van der Waals surface area contributed by atoms with Gasteiger partial charge in [-0.05, 0) is 92.0 Å². The van der Waals surface area contributed by atoms with Crippen LogP contribution in [0.3, 0.4) is 0 Å². The molecule has 0 aromatic heterocycles. The van der Waals surface area contributed by atoms with E-state index >= 15 is 0 Å². The second-order valence-corrected chi connectivity index (χ2v) is 12.5. The average Bonchev–Trinajstić information content (AvgIpc) is 2.92. The molecule has 1 fully saturated rings. The van der Waals surface area contributed by atoms with Crippen LogP contribution in [0, 0.1) is 11.8 Å². The Bertz CT molecular complexity index is 1370. The molecule has 0 unspecified atom stereocenters. The SMILES string of the molecule is CC(=O)O[C@H]1/C=C/CCC[S-](=O)=NC(=O)c2ccc3c(c2)N(Cc2ccc(Cl)cc2CCCCO3)C[C@@H]2CC[C@H]21. The molecule has 1 saturated carbocycles. The van der Waals surface area contributed by atoms with Crippen molar-refractivity contribution in [1.82, 2.24) is 0 Å². The molecule has 2 heterocycles. The molecule has 2 aromatic rings. The molecule has 0 radical (unpaired) electrons. The second kappa shape index (κ2) is 13.2. The van der Waals surface area contributed by atoms with Gasteiger partial charge >= 0.3 is 5.97 Å². The van der Waals surface area contributed by atoms with Crippen molar-refractivity contribution in [2.24, 2.45) is 16.2 Å². The maximum atomic E-state index is 13.1. The van der Waals surface area contributed by atoms with Crippen LogP contribution in [0.2, 0.25) is 5.02 Å². The number of hydrogen-bond donors (Lipinski definition) is 0. The molecule has 1 aliphatic carbocycles. The first-order chi connectivity index (χ1) is 19.4. The van der Waals surface area contributed by atoms with E-state index in [1.807, 2.05) is 30.4 Å². The minimum absolute atomic E-state index is 0.189. The predicted molar refractivity (Wildman–Crippen MR) is 157 cm³/mol. The van der Waals surface area contributed by atoms with Gasteiger partial charge in [-0.2, -0.15) is 10.6 Å². The van der Waals surface area contributed by atoms with Gasteiger partial charge < -0.3 is 22.9 Å². The van der Waals surface area contributed by atoms with Crippen molar-refractivity contribution in [2.75, 3.05) is 23.8 Å². The molecular weight excluding hydrogens is 548 g/mol. The summed E-state index contributed by atoms with van der Waals surface area (Å²) in [7, 11) is -1.62. The highest BCUT2D eigenvalue weighted by Gasteiger charge is 2.39. The van der Waals surface area contributed by atoms with Gasteiger partial charge in [-0.1, -0.05) is 35.9 Å². The Morgan fingerprint density at radius 1 is 1.12 bits per heavy atom. The van der Waals surface area contributed by atoms with Crippen LogP contribution in [-0.4, -0.2) is 36.9 Å². The molecule has 5 rings (SSSR count). The zero-order valence-electron chi connectivity index (χ0n) is 22.9. The van der Waals surface area contributed by atoms with Crippen LogP contribution in [0.4, 0.5) is 5.69 Å². The summed E-state index contributed by atoms with van der Waals surface area (Å²) in [6, 6.07) is 11.4. The molecule has 1 amide bonds. The molecule has 0 N–H and O–H groups in total. The highest BCUT2D eigenvalue weighted by molar-refractivity contribution is 7.75. The summed E-state index contributed by atoms with van der Waals surface area (Å²) >= 11 is 6.39. The van der Waals surface area contributed by atoms with Crippen LogP contribution in [-0.2, 0) is 37.3 Å². The van der Waals surface area contributed by atoms with Crippen LogP contribution >= 0.6 is 11.6 Å². The average molecular weight is 584 g/mol. The zero-order chi connectivity index (χ0) is 28.1. The summed E-state index contributed by atoms with van der Waals surface area (Å²) in [5, 5.41) is 0.718. The molecule has 9 heteroatoms. The first kappa shape index (κ1) is 28.7. The quantitative estimate of drug-likeness (QED) is 0.212. The molecular formula is C31H36ClN2O5S-. The largest absolute Gasteiger partial charge is 0.491 e. The first-order valence-corrected chi connectivity index (χ1v) is 15.8. The number of halogens is 1. The van der Waals surface area contributed by atoms with Gasteiger partial charge in [0, 0.05) is 36.5 Å². The lowest BCUT2D eigenvalue weighted by Gasteiger charge is -2.43. The molecule has 3 atom stereocenters. The molecule has 2 bridgehead atoms. The van der Waals surface area contributed by atoms with Gasteiger partial charge in [0.25, 0.3) is 5.91 Å². The minimum Gasteiger partial charge on any atom is -0.491 e. The Morgan fingerprint density at radius 2 is 2.00 bits per heavy atom. The van der Waals surface area contributed by atoms with Crippen molar-refractivity contribution in [1.29, 1.82) is 0 Å². The van der Waals surface area contributed by atoms with Crippen LogP contribution in [0.15, 0.2) is 52.9 Å². The Hall–Kier alpha value is -2.84. The number of allylic oxidation sites excluding steroid dienone is 1. The number of carbonyl (C=O) groups is 2. The third kappa shape index (κ3) is 7.07. The number of esters is 1. The summed E-state index contributed by atoms with van der Waals surface area (Å²) in [4.78, 5) is 27.3. The number of carbonyl (C=O) groups excluding carboxylic acids is 2. The number of fused-ring (bicyclic) bond motifs is 3. The molecule has 2 aromatic carbocycles. The lowest BCUT2D eigenvalue weighted by Crippen LogP contribution is -2.44. The fraction of sp³-hybridized carbons (Fsp3) is 0.484. The number of hydrogen-bond acceptors (Lipinski definition) is 7. The van der Waals surface area contributed by atoms with E-state index in [2.05, 4.69) is 21.4 Å². The molecule has 214 valence electrons. The highest BCUT2D eigenvalue weighted by Crippen LogP contribution is 2.42. The fourth-order valence-electron chi connectivity index (χ4n) is 5.80. The molecule has 7 nitrogen and oxygen atoms in total. The van der Waals surface area contributed by atoms with Crippen molar-refractivity contribution in [3.63, 3.8) is 0 Å². The van der Waals surface area contributed by atoms with Gasteiger partial charge in [-0.15, -0.1) is 0 Å². The van der Waals surface area contributed by atoms with Gasteiger partial charge in [0.15, 0.2) is 0 Å². The summed E-state index contributed by atoms with van der Waals surface area (Å²) in [6.07, 6.45) is 9.72. The fourth-order valence-corrected chi connectivity index (χ4v) is 6.79. The van der Waals surface area contributed by atoms with Gasteiger partial charge in [0.2, 0.25) is 0 Å². The maximum Gasteiger partial charge on any atom is 0.303 e. The Labute approximate surface area is 243 Å². The van der Waals surface area contributed by atoms with E-state index in [4.69, 9.17) is 21.1 Å². The summed E-state index contributed by atoms with van der Waals surface area (Å²) in [5.74, 6) is 0.698. The normalized spacial score (nSPS) is 25.1. The third-order valence-corrected chi connectivity index (χ3v) is 9.27. The Balaban J connectivity index is 1.59. The van der Waals surface area contributed by atoms with Crippen molar-refractivity contribution >= 4 is 39.8 Å². The number of nitrogens with zero attached hydrogens (tertiary/aromatic N) is 2. The van der Waals surface area contributed by atoms with Gasteiger partial charge in [-0.3, -0.25) is 9.59 Å². The predicted octanol–water partition coefficient (Wildman–Crippen LogP) is 6.66. The van der Waals surface area contributed by atoms with Crippen molar-refractivity contribution in [3.05, 3.63) is 70.3 Å². The number of ether oxygens (including phenoxy) is 2. The Kier molecular flexibility index (Phi) is 9.48. The number of aryl methyl sites for hydroxylation is 1. The van der Waals surface area contributed by atoms with E-state index < -0.39 is 16.5 Å². The summed E-state index contributed by atoms with van der Waals surface area (Å²) < 4.78 is 28.6. The molecule has 3 aliphatic rings. The third-order valence-electron chi connectivity index (χ3n) is 8.03. The smallest absolute Gasteiger partial charge is 0.303 e. The second-order valence-electron chi connectivity index (χ2n) is 10.8. The lowest BCUT2D eigenvalue weighted by atomic mass is 9.70. The van der Waals surface area contributed by atoms with E-state index in [0.29, 0.717) is 49.6 Å². The molecule has 40 heavy (non-hydrogen) atoms. The van der Waals surface area contributed by atoms with Gasteiger partial charge in [0.05, 0.1) is 12.3 Å². The van der Waals surface area contributed by atoms with Crippen LogP contribution in [0.1, 0.15) is 66.9 Å². The van der Waals surface area contributed by atoms with E-state index in [0.717, 1.165) is 42.8 Å². The summed E-state index contributed by atoms with van der Waals surface area (Å²) in [5.41, 5.74) is 3.60.